The Morgan fingerprint density at radius 3 is 2.48 bits per heavy atom. The van der Waals surface area contributed by atoms with Gasteiger partial charge in [-0.25, -0.2) is 4.39 Å². The highest BCUT2D eigenvalue weighted by Crippen LogP contribution is 2.30. The van der Waals surface area contributed by atoms with E-state index >= 15 is 0 Å². The molecule has 1 aliphatic carbocycles. The molecule has 21 heavy (non-hydrogen) atoms. The van der Waals surface area contributed by atoms with Crippen molar-refractivity contribution in [2.24, 2.45) is 0 Å². The Morgan fingerprint density at radius 1 is 1.29 bits per heavy atom. The second-order valence-corrected chi connectivity index (χ2v) is 5.59. The van der Waals surface area contributed by atoms with Crippen molar-refractivity contribution in [1.29, 1.82) is 0 Å². The Hall–Kier alpha value is -1.95. The summed E-state index contributed by atoms with van der Waals surface area (Å²) in [7, 11) is 3.04. The summed E-state index contributed by atoms with van der Waals surface area (Å²) < 4.78 is 13.7. The summed E-state index contributed by atoms with van der Waals surface area (Å²) in [5, 5.41) is 12.7. The first-order valence-corrected chi connectivity index (χ1v) is 6.88. The first-order valence-electron chi connectivity index (χ1n) is 6.88. The predicted molar refractivity (Wildman–Crippen MR) is 76.5 cm³/mol. The first-order chi connectivity index (χ1) is 9.83. The van der Waals surface area contributed by atoms with Gasteiger partial charge in [-0.1, -0.05) is 0 Å². The van der Waals surface area contributed by atoms with Crippen LogP contribution in [0.4, 0.5) is 10.1 Å². The molecule has 0 unspecified atom stereocenters. The predicted octanol–water partition coefficient (Wildman–Crippen LogP) is 1.77. The van der Waals surface area contributed by atoms with Crippen molar-refractivity contribution in [3.05, 3.63) is 29.6 Å². The monoisotopic (exact) mass is 294 g/mol. The Kier molecular flexibility index (Phi) is 4.27. The number of anilines is 1. The number of amides is 2. The van der Waals surface area contributed by atoms with Crippen LogP contribution < -0.4 is 5.32 Å². The van der Waals surface area contributed by atoms with E-state index in [2.05, 4.69) is 5.32 Å². The van der Waals surface area contributed by atoms with E-state index in [1.54, 1.807) is 0 Å². The molecular weight excluding hydrogens is 275 g/mol. The minimum atomic E-state index is -1.36. The molecule has 2 N–H and O–H groups in total. The molecule has 6 heteroatoms. The molecule has 2 rings (SSSR count). The lowest BCUT2D eigenvalue weighted by Crippen LogP contribution is -2.40. The van der Waals surface area contributed by atoms with E-state index < -0.39 is 23.2 Å². The standard InChI is InChI=1S/C15H19FN2O3/c1-18(2)13(19)11-9-10(5-6-12(11)16)17-14(20)15(21)7-3-4-8-15/h5-6,9,21H,3-4,7-8H2,1-2H3,(H,17,20). The van der Waals surface area contributed by atoms with Crippen LogP contribution in [0.3, 0.4) is 0 Å². The molecule has 114 valence electrons. The van der Waals surface area contributed by atoms with Crippen molar-refractivity contribution in [3.8, 4) is 0 Å². The zero-order valence-corrected chi connectivity index (χ0v) is 12.1. The lowest BCUT2D eigenvalue weighted by Gasteiger charge is -2.21. The van der Waals surface area contributed by atoms with E-state index in [4.69, 9.17) is 0 Å². The van der Waals surface area contributed by atoms with Crippen LogP contribution in [0.1, 0.15) is 36.0 Å². The van der Waals surface area contributed by atoms with Gasteiger partial charge in [0.05, 0.1) is 5.56 Å². The van der Waals surface area contributed by atoms with Gasteiger partial charge < -0.3 is 15.3 Å². The zero-order chi connectivity index (χ0) is 15.6. The fourth-order valence-corrected chi connectivity index (χ4v) is 2.44. The molecular formula is C15H19FN2O3. The van der Waals surface area contributed by atoms with Crippen molar-refractivity contribution in [2.75, 3.05) is 19.4 Å². The third kappa shape index (κ3) is 3.21. The van der Waals surface area contributed by atoms with Crippen LogP contribution in [-0.2, 0) is 4.79 Å². The van der Waals surface area contributed by atoms with Crippen LogP contribution in [0.25, 0.3) is 0 Å². The number of rotatable bonds is 3. The number of carbonyl (C=O) groups excluding carboxylic acids is 2. The molecule has 1 fully saturated rings. The first kappa shape index (κ1) is 15.4. The van der Waals surface area contributed by atoms with Gasteiger partial charge in [-0.15, -0.1) is 0 Å². The average Bonchev–Trinajstić information content (AvgIpc) is 2.88. The number of hydrogen-bond acceptors (Lipinski definition) is 3. The van der Waals surface area contributed by atoms with Crippen molar-refractivity contribution in [2.45, 2.75) is 31.3 Å². The Morgan fingerprint density at radius 2 is 1.90 bits per heavy atom. The lowest BCUT2D eigenvalue weighted by atomic mass is 10.0. The van der Waals surface area contributed by atoms with Crippen molar-refractivity contribution in [3.63, 3.8) is 0 Å². The molecule has 1 saturated carbocycles. The highest BCUT2D eigenvalue weighted by molar-refractivity contribution is 5.99. The molecule has 0 atom stereocenters. The third-order valence-corrected chi connectivity index (χ3v) is 3.71. The van der Waals surface area contributed by atoms with Crippen LogP contribution in [-0.4, -0.2) is 41.5 Å². The number of aliphatic hydroxyl groups is 1. The maximum absolute atomic E-state index is 13.7. The lowest BCUT2D eigenvalue weighted by molar-refractivity contribution is -0.133. The van der Waals surface area contributed by atoms with E-state index in [0.29, 0.717) is 18.5 Å². The number of nitrogens with one attached hydrogen (secondary N) is 1. The van der Waals surface area contributed by atoms with E-state index in [1.807, 2.05) is 0 Å². The van der Waals surface area contributed by atoms with Gasteiger partial charge in [0, 0.05) is 19.8 Å². The van der Waals surface area contributed by atoms with Gasteiger partial charge in [0.1, 0.15) is 11.4 Å². The van der Waals surface area contributed by atoms with Crippen LogP contribution in [0, 0.1) is 5.82 Å². The van der Waals surface area contributed by atoms with Crippen molar-refractivity contribution < 1.29 is 19.1 Å². The number of nitrogens with zero attached hydrogens (tertiary/aromatic N) is 1. The number of carbonyl (C=O) groups is 2. The summed E-state index contributed by atoms with van der Waals surface area (Å²) in [4.78, 5) is 25.2. The van der Waals surface area contributed by atoms with Gasteiger partial charge >= 0.3 is 0 Å². The molecule has 0 radical (unpaired) electrons. The third-order valence-electron chi connectivity index (χ3n) is 3.71. The molecule has 0 aliphatic heterocycles. The van der Waals surface area contributed by atoms with Gasteiger partial charge in [0.2, 0.25) is 0 Å². The molecule has 0 saturated heterocycles. The quantitative estimate of drug-likeness (QED) is 0.892. The summed E-state index contributed by atoms with van der Waals surface area (Å²) in [5.74, 6) is -1.63. The normalized spacial score (nSPS) is 16.6. The van der Waals surface area contributed by atoms with Gasteiger partial charge in [-0.05, 0) is 43.9 Å². The fraction of sp³-hybridized carbons (Fsp3) is 0.467. The maximum Gasteiger partial charge on any atom is 0.256 e. The molecule has 0 spiro atoms. The van der Waals surface area contributed by atoms with E-state index in [9.17, 15) is 19.1 Å². The molecule has 1 aromatic carbocycles. The van der Waals surface area contributed by atoms with Gasteiger partial charge in [-0.2, -0.15) is 0 Å². The van der Waals surface area contributed by atoms with E-state index in [1.165, 1.54) is 31.1 Å². The second-order valence-electron chi connectivity index (χ2n) is 5.59. The van der Waals surface area contributed by atoms with E-state index in [-0.39, 0.29) is 5.56 Å². The number of halogens is 1. The SMILES string of the molecule is CN(C)C(=O)c1cc(NC(=O)C2(O)CCCC2)ccc1F. The second kappa shape index (κ2) is 5.81. The molecule has 5 nitrogen and oxygen atoms in total. The van der Waals surface area contributed by atoms with E-state index in [0.717, 1.165) is 18.9 Å². The molecule has 0 heterocycles. The van der Waals surface area contributed by atoms with Gasteiger partial charge in [-0.3, -0.25) is 9.59 Å². The Bertz CT molecular complexity index is 566. The summed E-state index contributed by atoms with van der Waals surface area (Å²) >= 11 is 0. The Balaban J connectivity index is 2.19. The van der Waals surface area contributed by atoms with Crippen molar-refractivity contribution >= 4 is 17.5 Å². The fourth-order valence-electron chi connectivity index (χ4n) is 2.44. The minimum Gasteiger partial charge on any atom is -0.380 e. The van der Waals surface area contributed by atoms with Crippen molar-refractivity contribution in [1.82, 2.24) is 4.90 Å². The number of benzene rings is 1. The molecule has 0 bridgehead atoms. The van der Waals surface area contributed by atoms with Crippen LogP contribution in [0.2, 0.25) is 0 Å². The summed E-state index contributed by atoms with van der Waals surface area (Å²) in [6.45, 7) is 0. The molecule has 1 aliphatic rings. The van der Waals surface area contributed by atoms with Crippen LogP contribution >= 0.6 is 0 Å². The summed E-state index contributed by atoms with van der Waals surface area (Å²) in [5.41, 5.74) is -1.18. The van der Waals surface area contributed by atoms with Crippen LogP contribution in [0.15, 0.2) is 18.2 Å². The largest absolute Gasteiger partial charge is 0.380 e. The molecule has 2 amide bonds. The highest BCUT2D eigenvalue weighted by Gasteiger charge is 2.38. The smallest absolute Gasteiger partial charge is 0.256 e. The highest BCUT2D eigenvalue weighted by atomic mass is 19.1. The molecule has 1 aromatic rings. The van der Waals surface area contributed by atoms with Gasteiger partial charge in [0.15, 0.2) is 0 Å². The summed E-state index contributed by atoms with van der Waals surface area (Å²) in [6, 6.07) is 3.79. The Labute approximate surface area is 122 Å². The molecule has 0 aromatic heterocycles. The zero-order valence-electron chi connectivity index (χ0n) is 12.1. The van der Waals surface area contributed by atoms with Gasteiger partial charge in [0.25, 0.3) is 11.8 Å². The average molecular weight is 294 g/mol. The summed E-state index contributed by atoms with van der Waals surface area (Å²) in [6.07, 6.45) is 2.45. The minimum absolute atomic E-state index is 0.115. The topological polar surface area (TPSA) is 69.6 Å². The maximum atomic E-state index is 13.7. The number of hydrogen-bond donors (Lipinski definition) is 2. The van der Waals surface area contributed by atoms with Crippen LogP contribution in [0.5, 0.6) is 0 Å².